The van der Waals surface area contributed by atoms with Gasteiger partial charge in [-0.2, -0.15) is 0 Å². The van der Waals surface area contributed by atoms with E-state index in [2.05, 4.69) is 9.97 Å². The third kappa shape index (κ3) is 2.15. The third-order valence-corrected chi connectivity index (χ3v) is 2.03. The first-order chi connectivity index (χ1) is 6.10. The molecule has 1 aromatic rings. The summed E-state index contributed by atoms with van der Waals surface area (Å²) in [4.78, 5) is 8.30. The van der Waals surface area contributed by atoms with Gasteiger partial charge in [-0.15, -0.1) is 0 Å². The lowest BCUT2D eigenvalue weighted by Crippen LogP contribution is -2.29. The quantitative estimate of drug-likeness (QED) is 0.746. The Kier molecular flexibility index (Phi) is 2.83. The highest BCUT2D eigenvalue weighted by Crippen LogP contribution is 2.20. The summed E-state index contributed by atoms with van der Waals surface area (Å²) in [6, 6.07) is 0. The second-order valence-electron chi connectivity index (χ2n) is 3.53. The van der Waals surface area contributed by atoms with Crippen molar-refractivity contribution in [1.29, 1.82) is 0 Å². The Balaban J connectivity index is 3.01. The van der Waals surface area contributed by atoms with E-state index < -0.39 is 0 Å². The van der Waals surface area contributed by atoms with Gasteiger partial charge in [-0.1, -0.05) is 13.8 Å². The van der Waals surface area contributed by atoms with E-state index in [-0.39, 0.29) is 5.41 Å². The Hall–Kier alpha value is -1.16. The average molecular weight is 181 g/mol. The van der Waals surface area contributed by atoms with Gasteiger partial charge in [0.1, 0.15) is 0 Å². The summed E-state index contributed by atoms with van der Waals surface area (Å²) >= 11 is 0. The van der Waals surface area contributed by atoms with Gasteiger partial charge in [-0.05, 0) is 0 Å². The zero-order valence-electron chi connectivity index (χ0n) is 8.24. The van der Waals surface area contributed by atoms with Crippen LogP contribution in [0.3, 0.4) is 0 Å². The van der Waals surface area contributed by atoms with E-state index in [1.165, 1.54) is 0 Å². The molecule has 0 saturated heterocycles. The maximum absolute atomic E-state index is 5.62. The van der Waals surface area contributed by atoms with Crippen molar-refractivity contribution < 1.29 is 4.74 Å². The van der Waals surface area contributed by atoms with Crippen LogP contribution in [0.4, 0.5) is 0 Å². The number of ether oxygens (including phenoxy) is 1. The van der Waals surface area contributed by atoms with Gasteiger partial charge in [-0.25, -0.2) is 4.98 Å². The van der Waals surface area contributed by atoms with Gasteiger partial charge < -0.3 is 10.5 Å². The number of hydrogen-bond donors (Lipinski definition) is 1. The molecule has 13 heavy (non-hydrogen) atoms. The van der Waals surface area contributed by atoms with Gasteiger partial charge in [0, 0.05) is 18.2 Å². The number of nitrogens with two attached hydrogens (primary N) is 1. The lowest BCUT2D eigenvalue weighted by molar-refractivity contribution is 0.387. The maximum atomic E-state index is 5.62. The third-order valence-electron chi connectivity index (χ3n) is 2.03. The summed E-state index contributed by atoms with van der Waals surface area (Å²) in [6.45, 7) is 4.59. The van der Waals surface area contributed by atoms with Crippen LogP contribution in [0.25, 0.3) is 0 Å². The predicted octanol–water partition coefficient (Wildman–Crippen LogP) is 0.721. The Labute approximate surface area is 78.1 Å². The largest absolute Gasteiger partial charge is 0.480 e. The molecule has 0 fully saturated rings. The average Bonchev–Trinajstić information content (AvgIpc) is 2.18. The Morgan fingerprint density at radius 3 is 2.69 bits per heavy atom. The Morgan fingerprint density at radius 1 is 1.46 bits per heavy atom. The van der Waals surface area contributed by atoms with Crippen LogP contribution in [0, 0.1) is 0 Å². The molecule has 0 spiro atoms. The van der Waals surface area contributed by atoms with Crippen LogP contribution in [0.1, 0.15) is 19.5 Å². The van der Waals surface area contributed by atoms with Crippen LogP contribution in [-0.4, -0.2) is 23.6 Å². The van der Waals surface area contributed by atoms with Crippen LogP contribution in [0.15, 0.2) is 12.4 Å². The molecule has 1 aromatic heterocycles. The monoisotopic (exact) mass is 181 g/mol. The zero-order valence-corrected chi connectivity index (χ0v) is 8.24. The molecule has 72 valence electrons. The fourth-order valence-corrected chi connectivity index (χ4v) is 0.877. The van der Waals surface area contributed by atoms with Crippen LogP contribution < -0.4 is 10.5 Å². The first-order valence-corrected chi connectivity index (χ1v) is 4.17. The highest BCUT2D eigenvalue weighted by molar-refractivity contribution is 5.16. The summed E-state index contributed by atoms with van der Waals surface area (Å²) < 4.78 is 4.98. The fraction of sp³-hybridized carbons (Fsp3) is 0.556. The van der Waals surface area contributed by atoms with Gasteiger partial charge in [0.25, 0.3) is 0 Å². The molecule has 0 saturated carbocycles. The van der Waals surface area contributed by atoms with E-state index >= 15 is 0 Å². The molecule has 2 N–H and O–H groups in total. The second kappa shape index (κ2) is 3.70. The molecule has 1 rings (SSSR count). The molecule has 0 aliphatic rings. The second-order valence-corrected chi connectivity index (χ2v) is 3.53. The van der Waals surface area contributed by atoms with Gasteiger partial charge >= 0.3 is 0 Å². The molecule has 4 nitrogen and oxygen atoms in total. The minimum atomic E-state index is -0.151. The molecule has 0 aliphatic heterocycles. The molecule has 0 aliphatic carbocycles. The van der Waals surface area contributed by atoms with E-state index in [4.69, 9.17) is 10.5 Å². The number of rotatable bonds is 3. The number of methoxy groups -OCH3 is 1. The van der Waals surface area contributed by atoms with Crippen molar-refractivity contribution in [3.8, 4) is 5.88 Å². The summed E-state index contributed by atoms with van der Waals surface area (Å²) in [5.74, 6) is 0.527. The molecule has 0 bridgehead atoms. The van der Waals surface area contributed by atoms with Crippen LogP contribution in [-0.2, 0) is 5.41 Å². The number of nitrogens with zero attached hydrogens (tertiary/aromatic N) is 2. The topological polar surface area (TPSA) is 61.0 Å². The van der Waals surface area contributed by atoms with E-state index in [9.17, 15) is 0 Å². The maximum Gasteiger partial charge on any atom is 0.232 e. The first kappa shape index (κ1) is 9.92. The van der Waals surface area contributed by atoms with E-state index in [0.29, 0.717) is 12.4 Å². The van der Waals surface area contributed by atoms with Crippen molar-refractivity contribution in [2.75, 3.05) is 13.7 Å². The highest BCUT2D eigenvalue weighted by atomic mass is 16.5. The Morgan fingerprint density at radius 2 is 2.15 bits per heavy atom. The lowest BCUT2D eigenvalue weighted by atomic mass is 9.90. The fourth-order valence-electron chi connectivity index (χ4n) is 0.877. The Bertz CT molecular complexity index is 286. The number of hydrogen-bond acceptors (Lipinski definition) is 4. The summed E-state index contributed by atoms with van der Waals surface area (Å²) in [5, 5.41) is 0. The standard InChI is InChI=1S/C9H15N3O/c1-9(2,6-10)7-4-11-5-8(12-7)13-3/h4-5H,6,10H2,1-3H3. The van der Waals surface area contributed by atoms with Crippen molar-refractivity contribution in [2.24, 2.45) is 5.73 Å². The SMILES string of the molecule is COc1cncc(C(C)(C)CN)n1. The molecule has 0 amide bonds. The molecule has 0 atom stereocenters. The molecule has 4 heteroatoms. The van der Waals surface area contributed by atoms with Crippen LogP contribution in [0.5, 0.6) is 5.88 Å². The van der Waals surface area contributed by atoms with Crippen molar-refractivity contribution in [3.63, 3.8) is 0 Å². The van der Waals surface area contributed by atoms with Crippen LogP contribution >= 0.6 is 0 Å². The van der Waals surface area contributed by atoms with Gasteiger partial charge in [0.05, 0.1) is 19.0 Å². The predicted molar refractivity (Wildman–Crippen MR) is 50.7 cm³/mol. The summed E-state index contributed by atoms with van der Waals surface area (Å²) in [7, 11) is 1.57. The molecular formula is C9H15N3O. The number of aromatic nitrogens is 2. The molecule has 1 heterocycles. The zero-order chi connectivity index (χ0) is 9.90. The van der Waals surface area contributed by atoms with Crippen molar-refractivity contribution >= 4 is 0 Å². The van der Waals surface area contributed by atoms with E-state index in [1.54, 1.807) is 19.5 Å². The molecular weight excluding hydrogens is 166 g/mol. The summed E-state index contributed by atoms with van der Waals surface area (Å²) in [5.41, 5.74) is 6.33. The molecule has 0 unspecified atom stereocenters. The highest BCUT2D eigenvalue weighted by Gasteiger charge is 2.20. The van der Waals surface area contributed by atoms with Crippen LogP contribution in [0.2, 0.25) is 0 Å². The van der Waals surface area contributed by atoms with Gasteiger partial charge in [-0.3, -0.25) is 4.98 Å². The van der Waals surface area contributed by atoms with Gasteiger partial charge in [0.15, 0.2) is 0 Å². The first-order valence-electron chi connectivity index (χ1n) is 4.17. The van der Waals surface area contributed by atoms with E-state index in [0.717, 1.165) is 5.69 Å². The summed E-state index contributed by atoms with van der Waals surface area (Å²) in [6.07, 6.45) is 3.30. The van der Waals surface area contributed by atoms with E-state index in [1.807, 2.05) is 13.8 Å². The minimum absolute atomic E-state index is 0.151. The van der Waals surface area contributed by atoms with Crippen molar-refractivity contribution in [2.45, 2.75) is 19.3 Å². The minimum Gasteiger partial charge on any atom is -0.480 e. The smallest absolute Gasteiger partial charge is 0.232 e. The lowest BCUT2D eigenvalue weighted by Gasteiger charge is -2.21. The normalized spacial score (nSPS) is 11.4. The van der Waals surface area contributed by atoms with Gasteiger partial charge in [0.2, 0.25) is 5.88 Å². The molecule has 0 radical (unpaired) electrons. The molecule has 0 aromatic carbocycles. The van der Waals surface area contributed by atoms with Crippen molar-refractivity contribution in [3.05, 3.63) is 18.1 Å². The van der Waals surface area contributed by atoms with Crippen molar-refractivity contribution in [1.82, 2.24) is 9.97 Å².